The van der Waals surface area contributed by atoms with Crippen LogP contribution < -0.4 is 5.32 Å². The average Bonchev–Trinajstić information content (AvgIpc) is 2.69. The van der Waals surface area contributed by atoms with E-state index in [1.54, 1.807) is 54.6 Å². The molecular formula is C20H21N3O3S. The van der Waals surface area contributed by atoms with Crippen LogP contribution in [0.4, 0.5) is 5.69 Å². The van der Waals surface area contributed by atoms with Crippen molar-refractivity contribution in [2.24, 2.45) is 5.92 Å². The van der Waals surface area contributed by atoms with Gasteiger partial charge in [0.15, 0.2) is 0 Å². The van der Waals surface area contributed by atoms with E-state index in [9.17, 15) is 13.2 Å². The third-order valence-corrected chi connectivity index (χ3v) is 6.64. The first-order valence-corrected chi connectivity index (χ1v) is 10.3. The molecule has 140 valence electrons. The molecule has 1 fully saturated rings. The maximum absolute atomic E-state index is 12.6. The standard InChI is InChI=1S/C20H21N3O3S/c21-15-17-6-8-18(9-7-17)22-20(24)14-16-10-12-23(13-11-16)27(25,26)19-4-2-1-3-5-19/h1-9,16H,10-14H2,(H,22,24). The number of hydrogen-bond donors (Lipinski definition) is 1. The van der Waals surface area contributed by atoms with Crippen molar-refractivity contribution in [1.82, 2.24) is 4.31 Å². The van der Waals surface area contributed by atoms with Gasteiger partial charge in [0.05, 0.1) is 16.5 Å². The molecule has 0 radical (unpaired) electrons. The SMILES string of the molecule is N#Cc1ccc(NC(=O)CC2CCN(S(=O)(=O)c3ccccc3)CC2)cc1. The molecule has 2 aromatic rings. The second kappa shape index (κ2) is 8.33. The molecule has 0 spiro atoms. The summed E-state index contributed by atoms with van der Waals surface area (Å²) >= 11 is 0. The molecule has 1 aliphatic rings. The van der Waals surface area contributed by atoms with Crippen LogP contribution in [0.25, 0.3) is 0 Å². The van der Waals surface area contributed by atoms with E-state index >= 15 is 0 Å². The second-order valence-electron chi connectivity index (χ2n) is 6.60. The number of benzene rings is 2. The molecule has 1 heterocycles. The van der Waals surface area contributed by atoms with Crippen molar-refractivity contribution in [2.75, 3.05) is 18.4 Å². The number of nitrogens with one attached hydrogen (secondary N) is 1. The fourth-order valence-corrected chi connectivity index (χ4v) is 4.69. The summed E-state index contributed by atoms with van der Waals surface area (Å²) in [6.45, 7) is 0.845. The molecule has 6 nitrogen and oxygen atoms in total. The van der Waals surface area contributed by atoms with Gasteiger partial charge in [-0.05, 0) is 55.2 Å². The summed E-state index contributed by atoms with van der Waals surface area (Å²) in [6.07, 6.45) is 1.68. The zero-order valence-corrected chi connectivity index (χ0v) is 15.7. The summed E-state index contributed by atoms with van der Waals surface area (Å²) in [5.74, 6) is 0.0645. The number of carbonyl (C=O) groups excluding carboxylic acids is 1. The highest BCUT2D eigenvalue weighted by atomic mass is 32.2. The molecule has 0 atom stereocenters. The van der Waals surface area contributed by atoms with Gasteiger partial charge in [-0.25, -0.2) is 8.42 Å². The van der Waals surface area contributed by atoms with Crippen molar-refractivity contribution >= 4 is 21.6 Å². The number of rotatable bonds is 5. The van der Waals surface area contributed by atoms with Crippen LogP contribution in [0.15, 0.2) is 59.5 Å². The van der Waals surface area contributed by atoms with E-state index in [1.165, 1.54) is 4.31 Å². The normalized spacial score (nSPS) is 15.8. The number of nitrogens with zero attached hydrogens (tertiary/aromatic N) is 2. The Bertz CT molecular complexity index is 927. The summed E-state index contributed by atoms with van der Waals surface area (Å²) in [5, 5.41) is 11.6. The minimum absolute atomic E-state index is 0.0934. The smallest absolute Gasteiger partial charge is 0.243 e. The summed E-state index contributed by atoms with van der Waals surface area (Å²) in [6, 6.07) is 17.2. The minimum atomic E-state index is -3.46. The Morgan fingerprint density at radius 3 is 2.30 bits per heavy atom. The molecule has 2 aromatic carbocycles. The molecule has 1 saturated heterocycles. The molecule has 0 saturated carbocycles. The van der Waals surface area contributed by atoms with E-state index in [0.717, 1.165) is 0 Å². The Kier molecular flexibility index (Phi) is 5.89. The van der Waals surface area contributed by atoms with Crippen molar-refractivity contribution in [3.05, 3.63) is 60.2 Å². The molecule has 0 aliphatic carbocycles. The first-order chi connectivity index (χ1) is 13.0. The van der Waals surface area contributed by atoms with Gasteiger partial charge < -0.3 is 5.32 Å². The number of piperidine rings is 1. The Morgan fingerprint density at radius 1 is 1.07 bits per heavy atom. The number of hydrogen-bond acceptors (Lipinski definition) is 4. The van der Waals surface area contributed by atoms with Crippen LogP contribution in [0.2, 0.25) is 0 Å². The molecule has 3 rings (SSSR count). The molecule has 27 heavy (non-hydrogen) atoms. The van der Waals surface area contributed by atoms with Crippen LogP contribution in [-0.4, -0.2) is 31.7 Å². The lowest BCUT2D eigenvalue weighted by Gasteiger charge is -2.31. The van der Waals surface area contributed by atoms with Crippen molar-refractivity contribution in [1.29, 1.82) is 5.26 Å². The third kappa shape index (κ3) is 4.73. The van der Waals surface area contributed by atoms with Crippen molar-refractivity contribution in [3.8, 4) is 6.07 Å². The molecule has 1 aliphatic heterocycles. The van der Waals surface area contributed by atoms with E-state index < -0.39 is 10.0 Å². The van der Waals surface area contributed by atoms with Gasteiger partial charge in [-0.2, -0.15) is 9.57 Å². The lowest BCUT2D eigenvalue weighted by Crippen LogP contribution is -2.39. The highest BCUT2D eigenvalue weighted by molar-refractivity contribution is 7.89. The van der Waals surface area contributed by atoms with E-state index in [0.29, 0.717) is 48.5 Å². The zero-order valence-electron chi connectivity index (χ0n) is 14.8. The van der Waals surface area contributed by atoms with E-state index in [4.69, 9.17) is 5.26 Å². The summed E-state index contributed by atoms with van der Waals surface area (Å²) < 4.78 is 26.8. The summed E-state index contributed by atoms with van der Waals surface area (Å²) in [5.41, 5.74) is 1.20. The minimum Gasteiger partial charge on any atom is -0.326 e. The van der Waals surface area contributed by atoms with Gasteiger partial charge in [-0.1, -0.05) is 18.2 Å². The Labute approximate surface area is 159 Å². The number of sulfonamides is 1. The quantitative estimate of drug-likeness (QED) is 0.859. The molecule has 0 unspecified atom stereocenters. The van der Waals surface area contributed by atoms with Gasteiger partial charge >= 0.3 is 0 Å². The van der Waals surface area contributed by atoms with Crippen LogP contribution >= 0.6 is 0 Å². The first-order valence-electron chi connectivity index (χ1n) is 8.84. The third-order valence-electron chi connectivity index (χ3n) is 4.73. The van der Waals surface area contributed by atoms with Gasteiger partial charge in [0.25, 0.3) is 0 Å². The van der Waals surface area contributed by atoms with E-state index in [2.05, 4.69) is 5.32 Å². The highest BCUT2D eigenvalue weighted by Crippen LogP contribution is 2.26. The van der Waals surface area contributed by atoms with Gasteiger partial charge in [0.2, 0.25) is 15.9 Å². The van der Waals surface area contributed by atoms with Crippen molar-refractivity contribution < 1.29 is 13.2 Å². The zero-order chi connectivity index (χ0) is 19.3. The molecule has 0 bridgehead atoms. The molecular weight excluding hydrogens is 362 g/mol. The van der Waals surface area contributed by atoms with Gasteiger partial charge in [0, 0.05) is 25.2 Å². The number of anilines is 1. The molecule has 1 N–H and O–H groups in total. The first kappa shape index (κ1) is 19.1. The lowest BCUT2D eigenvalue weighted by atomic mass is 9.94. The van der Waals surface area contributed by atoms with E-state index in [-0.39, 0.29) is 11.8 Å². The predicted octanol–water partition coefficient (Wildman–Crippen LogP) is 2.99. The van der Waals surface area contributed by atoms with Gasteiger partial charge in [-0.15, -0.1) is 0 Å². The van der Waals surface area contributed by atoms with Gasteiger partial charge in [-0.3, -0.25) is 4.79 Å². The second-order valence-corrected chi connectivity index (χ2v) is 8.54. The van der Waals surface area contributed by atoms with Crippen molar-refractivity contribution in [3.63, 3.8) is 0 Å². The molecule has 0 aromatic heterocycles. The monoisotopic (exact) mass is 383 g/mol. The Hall–Kier alpha value is -2.69. The van der Waals surface area contributed by atoms with Crippen LogP contribution in [-0.2, 0) is 14.8 Å². The van der Waals surface area contributed by atoms with E-state index in [1.807, 2.05) is 6.07 Å². The fourth-order valence-electron chi connectivity index (χ4n) is 3.20. The Morgan fingerprint density at radius 2 is 1.70 bits per heavy atom. The van der Waals surface area contributed by atoms with Crippen LogP contribution in [0, 0.1) is 17.2 Å². The fraction of sp³-hybridized carbons (Fsp3) is 0.300. The lowest BCUT2D eigenvalue weighted by molar-refractivity contribution is -0.117. The molecule has 7 heteroatoms. The molecule has 1 amide bonds. The number of amides is 1. The maximum atomic E-state index is 12.6. The highest BCUT2D eigenvalue weighted by Gasteiger charge is 2.30. The topological polar surface area (TPSA) is 90.3 Å². The Balaban J connectivity index is 1.52. The predicted molar refractivity (Wildman–Crippen MR) is 102 cm³/mol. The van der Waals surface area contributed by atoms with Crippen LogP contribution in [0.1, 0.15) is 24.8 Å². The summed E-state index contributed by atoms with van der Waals surface area (Å²) in [7, 11) is -3.46. The number of nitriles is 1. The van der Waals surface area contributed by atoms with Crippen molar-refractivity contribution in [2.45, 2.75) is 24.2 Å². The average molecular weight is 383 g/mol. The maximum Gasteiger partial charge on any atom is 0.243 e. The largest absolute Gasteiger partial charge is 0.326 e. The number of carbonyl (C=O) groups is 1. The summed E-state index contributed by atoms with van der Waals surface area (Å²) in [4.78, 5) is 12.5. The van der Waals surface area contributed by atoms with Gasteiger partial charge in [0.1, 0.15) is 0 Å². The van der Waals surface area contributed by atoms with Crippen LogP contribution in [0.3, 0.4) is 0 Å². The van der Waals surface area contributed by atoms with Crippen LogP contribution in [0.5, 0.6) is 0 Å².